The molecule has 0 bridgehead atoms. The van der Waals surface area contributed by atoms with Crippen LogP contribution >= 0.6 is 0 Å². The van der Waals surface area contributed by atoms with Crippen molar-refractivity contribution in [2.45, 2.75) is 18.7 Å². The number of carbonyl (C=O) groups is 2. The number of carbonyl (C=O) groups excluding carboxylic acids is 2. The van der Waals surface area contributed by atoms with E-state index in [2.05, 4.69) is 25.6 Å². The molecule has 12 nitrogen and oxygen atoms in total. The van der Waals surface area contributed by atoms with Gasteiger partial charge in [0, 0.05) is 35.7 Å². The predicted molar refractivity (Wildman–Crippen MR) is 135 cm³/mol. The van der Waals surface area contributed by atoms with Crippen LogP contribution in [0.2, 0.25) is 0 Å². The summed E-state index contributed by atoms with van der Waals surface area (Å²) in [5.41, 5.74) is 2.67. The Morgan fingerprint density at radius 3 is 2.11 bits per heavy atom. The van der Waals surface area contributed by atoms with Crippen LogP contribution in [0.1, 0.15) is 32.0 Å². The van der Waals surface area contributed by atoms with Gasteiger partial charge in [0.1, 0.15) is 5.56 Å². The van der Waals surface area contributed by atoms with E-state index < -0.39 is 21.8 Å². The van der Waals surface area contributed by atoms with Crippen molar-refractivity contribution in [2.75, 3.05) is 22.5 Å². The number of anilines is 3. The first-order chi connectivity index (χ1) is 17.6. The van der Waals surface area contributed by atoms with Crippen LogP contribution in [-0.2, 0) is 17.1 Å². The molecule has 0 aliphatic carbocycles. The molecule has 13 heteroatoms. The van der Waals surface area contributed by atoms with E-state index >= 15 is 0 Å². The van der Waals surface area contributed by atoms with E-state index in [0.717, 1.165) is 0 Å². The molecule has 4 aromatic rings. The Bertz CT molecular complexity index is 1560. The van der Waals surface area contributed by atoms with Crippen LogP contribution in [0.5, 0.6) is 5.88 Å². The van der Waals surface area contributed by atoms with Crippen molar-refractivity contribution in [3.63, 3.8) is 0 Å². The van der Waals surface area contributed by atoms with Gasteiger partial charge < -0.3 is 19.9 Å². The summed E-state index contributed by atoms with van der Waals surface area (Å²) in [4.78, 5) is 25.1. The average Bonchev–Trinajstić information content (AvgIpc) is 3.41. The Kier molecular flexibility index (Phi) is 6.98. The smallest absolute Gasteiger partial charge is 0.264 e. The molecule has 2 amide bonds. The van der Waals surface area contributed by atoms with E-state index in [9.17, 15) is 18.0 Å². The summed E-state index contributed by atoms with van der Waals surface area (Å²) in [5.74, 6) is -0.559. The van der Waals surface area contributed by atoms with E-state index in [1.165, 1.54) is 36.1 Å². The van der Waals surface area contributed by atoms with Crippen molar-refractivity contribution in [3.8, 4) is 5.88 Å². The van der Waals surface area contributed by atoms with E-state index in [4.69, 9.17) is 9.26 Å². The number of nitrogens with zero attached hydrogens (tertiary/aromatic N) is 3. The molecule has 0 saturated carbocycles. The normalized spacial score (nSPS) is 11.1. The summed E-state index contributed by atoms with van der Waals surface area (Å²) in [6.45, 7) is 3.40. The highest BCUT2D eigenvalue weighted by molar-refractivity contribution is 7.92. The number of amides is 2. The van der Waals surface area contributed by atoms with E-state index in [1.54, 1.807) is 51.4 Å². The highest BCUT2D eigenvalue weighted by Gasteiger charge is 2.20. The third kappa shape index (κ3) is 5.62. The summed E-state index contributed by atoms with van der Waals surface area (Å²) in [7, 11) is -0.798. The second kappa shape index (κ2) is 10.1. The van der Waals surface area contributed by atoms with Crippen LogP contribution in [0.25, 0.3) is 0 Å². The molecule has 2 heterocycles. The predicted octanol–water partition coefficient (Wildman–Crippen LogP) is 3.34. The lowest BCUT2D eigenvalue weighted by Gasteiger charge is -2.09. The van der Waals surface area contributed by atoms with Gasteiger partial charge in [0.25, 0.3) is 21.8 Å². The largest absolute Gasteiger partial charge is 0.479 e. The fraction of sp³-hybridized carbons (Fsp3) is 0.167. The van der Waals surface area contributed by atoms with Gasteiger partial charge in [-0.15, -0.1) is 5.10 Å². The Balaban J connectivity index is 1.38. The lowest BCUT2D eigenvalue weighted by Crippen LogP contribution is -2.15. The number of hydrogen-bond donors (Lipinski definition) is 3. The second-order valence-corrected chi connectivity index (χ2v) is 9.75. The first-order valence-corrected chi connectivity index (χ1v) is 12.4. The number of methoxy groups -OCH3 is 1. The molecule has 0 fully saturated rings. The molecule has 0 spiro atoms. The quantitative estimate of drug-likeness (QED) is 0.317. The number of aromatic nitrogens is 3. The maximum atomic E-state index is 12.6. The van der Waals surface area contributed by atoms with E-state index in [0.29, 0.717) is 28.2 Å². The molecule has 0 saturated heterocycles. The summed E-state index contributed by atoms with van der Waals surface area (Å²) in [6.07, 6.45) is 1.54. The Morgan fingerprint density at radius 2 is 1.54 bits per heavy atom. The van der Waals surface area contributed by atoms with Crippen LogP contribution in [0.15, 0.2) is 64.1 Å². The highest BCUT2D eigenvalue weighted by atomic mass is 32.2. The number of aryl methyl sites for hydroxylation is 2. The molecule has 0 atom stereocenters. The van der Waals surface area contributed by atoms with Gasteiger partial charge in [-0.3, -0.25) is 14.3 Å². The zero-order valence-electron chi connectivity index (χ0n) is 20.4. The third-order valence-corrected chi connectivity index (χ3v) is 6.79. The van der Waals surface area contributed by atoms with Crippen LogP contribution in [0.4, 0.5) is 17.3 Å². The van der Waals surface area contributed by atoms with Crippen LogP contribution < -0.4 is 20.1 Å². The molecule has 0 unspecified atom stereocenters. The van der Waals surface area contributed by atoms with E-state index in [-0.39, 0.29) is 22.2 Å². The van der Waals surface area contributed by atoms with Gasteiger partial charge in [0.15, 0.2) is 0 Å². The molecule has 0 aliphatic heterocycles. The molecule has 4 rings (SSSR count). The minimum Gasteiger partial charge on any atom is -0.479 e. The fourth-order valence-corrected chi connectivity index (χ4v) is 4.34. The Labute approximate surface area is 212 Å². The third-order valence-electron chi connectivity index (χ3n) is 5.44. The van der Waals surface area contributed by atoms with Gasteiger partial charge in [0.05, 0.1) is 17.7 Å². The number of hydrogen-bond acceptors (Lipinski definition) is 8. The summed E-state index contributed by atoms with van der Waals surface area (Å²) in [6, 6.07) is 11.9. The maximum absolute atomic E-state index is 12.6. The van der Waals surface area contributed by atoms with Crippen LogP contribution in [-0.4, -0.2) is 42.3 Å². The van der Waals surface area contributed by atoms with Crippen LogP contribution in [0.3, 0.4) is 0 Å². The van der Waals surface area contributed by atoms with E-state index in [1.807, 2.05) is 0 Å². The zero-order valence-corrected chi connectivity index (χ0v) is 21.2. The molecule has 2 aromatic carbocycles. The summed E-state index contributed by atoms with van der Waals surface area (Å²) in [5, 5.41) is 13.2. The van der Waals surface area contributed by atoms with Crippen molar-refractivity contribution in [1.82, 2.24) is 14.9 Å². The van der Waals surface area contributed by atoms with Gasteiger partial charge in [-0.2, -0.15) is 0 Å². The molecule has 0 radical (unpaired) electrons. The van der Waals surface area contributed by atoms with Crippen LogP contribution in [0, 0.1) is 13.8 Å². The van der Waals surface area contributed by atoms with Crippen molar-refractivity contribution < 1.29 is 27.3 Å². The number of ether oxygens (including phenoxy) is 1. The fourth-order valence-electron chi connectivity index (χ4n) is 3.29. The van der Waals surface area contributed by atoms with Gasteiger partial charge >= 0.3 is 0 Å². The zero-order chi connectivity index (χ0) is 26.7. The number of benzene rings is 2. The highest BCUT2D eigenvalue weighted by Crippen LogP contribution is 2.23. The number of nitrogens with one attached hydrogen (secondary N) is 3. The Hall–Kier alpha value is -4.65. The van der Waals surface area contributed by atoms with Gasteiger partial charge in [-0.1, -0.05) is 5.16 Å². The standard InChI is InChI=1S/C24H24N6O6S/c1-14-15(2)28-36-23(14)29-37(33,34)19-11-9-18(10-12-19)25-21(31)16-5-7-17(8-6-16)26-22(32)20-13-30(3)27-24(20)35-4/h5-13,29H,1-4H3,(H,25,31)(H,26,32). The summed E-state index contributed by atoms with van der Waals surface area (Å²) < 4.78 is 39.2. The van der Waals surface area contributed by atoms with Gasteiger partial charge in [0.2, 0.25) is 11.8 Å². The number of rotatable bonds is 8. The average molecular weight is 525 g/mol. The van der Waals surface area contributed by atoms with Gasteiger partial charge in [-0.25, -0.2) is 13.1 Å². The van der Waals surface area contributed by atoms with Crippen molar-refractivity contribution >= 4 is 39.1 Å². The summed E-state index contributed by atoms with van der Waals surface area (Å²) >= 11 is 0. The lowest BCUT2D eigenvalue weighted by atomic mass is 10.2. The monoisotopic (exact) mass is 524 g/mol. The molecule has 0 aliphatic rings. The van der Waals surface area contributed by atoms with Crippen molar-refractivity contribution in [1.29, 1.82) is 0 Å². The lowest BCUT2D eigenvalue weighted by molar-refractivity contribution is 0.101. The van der Waals surface area contributed by atoms with Crippen molar-refractivity contribution in [3.05, 3.63) is 77.1 Å². The van der Waals surface area contributed by atoms with Crippen molar-refractivity contribution in [2.24, 2.45) is 7.05 Å². The number of sulfonamides is 1. The minimum atomic E-state index is -3.90. The molecular formula is C24H24N6O6S. The molecule has 37 heavy (non-hydrogen) atoms. The SMILES string of the molecule is COc1nn(C)cc1C(=O)Nc1ccc(C(=O)Nc2ccc(S(=O)(=O)Nc3onc(C)c3C)cc2)cc1. The minimum absolute atomic E-state index is 0.00991. The first-order valence-electron chi connectivity index (χ1n) is 10.9. The molecule has 2 aromatic heterocycles. The topological polar surface area (TPSA) is 157 Å². The van der Waals surface area contributed by atoms with Gasteiger partial charge in [-0.05, 0) is 62.4 Å². The second-order valence-electron chi connectivity index (χ2n) is 8.06. The molecule has 192 valence electrons. The molecular weight excluding hydrogens is 500 g/mol. The molecule has 3 N–H and O–H groups in total. The Morgan fingerprint density at radius 1 is 0.946 bits per heavy atom. The first kappa shape index (κ1) is 25.4. The maximum Gasteiger partial charge on any atom is 0.264 e.